The van der Waals surface area contributed by atoms with Crippen LogP contribution in [0, 0.1) is 0 Å². The Bertz CT molecular complexity index is 619. The predicted molar refractivity (Wildman–Crippen MR) is 78.7 cm³/mol. The second-order valence-corrected chi connectivity index (χ2v) is 5.19. The molecule has 1 N–H and O–H groups in total. The minimum absolute atomic E-state index is 0.199. The van der Waals surface area contributed by atoms with Crippen LogP contribution in [0.15, 0.2) is 28.7 Å². The van der Waals surface area contributed by atoms with Crippen molar-refractivity contribution < 1.29 is 9.53 Å². The monoisotopic (exact) mass is 342 g/mol. The molecule has 4 nitrogen and oxygen atoms in total. The summed E-state index contributed by atoms with van der Waals surface area (Å²) >= 11 is 9.42. The van der Waals surface area contributed by atoms with Crippen LogP contribution in [0.4, 0.5) is 0 Å². The smallest absolute Gasteiger partial charge is 0.254 e. The first kappa shape index (κ1) is 14.2. The molecule has 0 radical (unpaired) electrons. The Morgan fingerprint density at radius 2 is 2.26 bits per heavy atom. The maximum Gasteiger partial charge on any atom is 0.254 e. The Balaban J connectivity index is 2.32. The van der Waals surface area contributed by atoms with E-state index in [1.807, 2.05) is 18.2 Å². The highest BCUT2D eigenvalue weighted by molar-refractivity contribution is 9.10. The summed E-state index contributed by atoms with van der Waals surface area (Å²) in [7, 11) is 1.58. The van der Waals surface area contributed by atoms with Crippen LogP contribution in [0.1, 0.15) is 10.4 Å². The topological polar surface area (TPSA) is 51.2 Å². The fourth-order valence-corrected chi connectivity index (χ4v) is 2.26. The lowest BCUT2D eigenvalue weighted by Gasteiger charge is -2.07. The number of hydrogen-bond acceptors (Lipinski definition) is 3. The number of hydrogen-bond donors (Lipinski definition) is 1. The van der Waals surface area contributed by atoms with Crippen molar-refractivity contribution in [2.24, 2.45) is 0 Å². The molecule has 0 bridgehead atoms. The van der Waals surface area contributed by atoms with Gasteiger partial charge in [-0.25, -0.2) is 4.98 Å². The van der Waals surface area contributed by atoms with E-state index in [1.54, 1.807) is 13.2 Å². The van der Waals surface area contributed by atoms with Crippen molar-refractivity contribution in [1.82, 2.24) is 10.3 Å². The van der Waals surface area contributed by atoms with E-state index in [1.165, 1.54) is 0 Å². The van der Waals surface area contributed by atoms with E-state index in [2.05, 4.69) is 26.2 Å². The van der Waals surface area contributed by atoms with Crippen LogP contribution in [0.25, 0.3) is 10.9 Å². The van der Waals surface area contributed by atoms with E-state index < -0.39 is 0 Å². The zero-order valence-corrected chi connectivity index (χ0v) is 12.6. The molecule has 2 rings (SSSR count). The molecule has 0 spiro atoms. The molecule has 0 aliphatic heterocycles. The molecular weight excluding hydrogens is 332 g/mol. The molecule has 0 atom stereocenters. The number of pyridine rings is 1. The first-order valence-corrected chi connectivity index (χ1v) is 6.82. The molecule has 19 heavy (non-hydrogen) atoms. The number of carbonyl (C=O) groups is 1. The number of nitrogens with zero attached hydrogens (tertiary/aromatic N) is 1. The lowest BCUT2D eigenvalue weighted by molar-refractivity contribution is 0.0937. The molecular formula is C13H12BrClN2O2. The van der Waals surface area contributed by atoms with Crippen molar-refractivity contribution in [1.29, 1.82) is 0 Å². The van der Waals surface area contributed by atoms with Crippen LogP contribution in [0.3, 0.4) is 0 Å². The van der Waals surface area contributed by atoms with E-state index in [-0.39, 0.29) is 11.1 Å². The Kier molecular flexibility index (Phi) is 4.74. The molecule has 1 heterocycles. The molecule has 6 heteroatoms. The minimum Gasteiger partial charge on any atom is -0.383 e. The van der Waals surface area contributed by atoms with E-state index in [0.717, 1.165) is 15.4 Å². The number of ether oxygens (including phenoxy) is 1. The van der Waals surface area contributed by atoms with Gasteiger partial charge in [0.15, 0.2) is 0 Å². The van der Waals surface area contributed by atoms with Gasteiger partial charge < -0.3 is 10.1 Å². The van der Waals surface area contributed by atoms with E-state index in [9.17, 15) is 4.79 Å². The van der Waals surface area contributed by atoms with Crippen molar-refractivity contribution in [2.75, 3.05) is 20.3 Å². The number of fused-ring (bicyclic) bond motifs is 1. The van der Waals surface area contributed by atoms with Crippen LogP contribution in [-0.2, 0) is 4.74 Å². The Morgan fingerprint density at radius 3 is 3.00 bits per heavy atom. The van der Waals surface area contributed by atoms with Crippen LogP contribution >= 0.6 is 27.5 Å². The van der Waals surface area contributed by atoms with E-state index >= 15 is 0 Å². The molecule has 0 unspecified atom stereocenters. The number of amides is 1. The molecule has 0 aliphatic carbocycles. The van der Waals surface area contributed by atoms with Gasteiger partial charge in [0.25, 0.3) is 5.91 Å². The third-order valence-electron chi connectivity index (χ3n) is 2.57. The van der Waals surface area contributed by atoms with Crippen molar-refractivity contribution in [3.63, 3.8) is 0 Å². The largest absolute Gasteiger partial charge is 0.383 e. The van der Waals surface area contributed by atoms with E-state index in [4.69, 9.17) is 16.3 Å². The first-order valence-electron chi connectivity index (χ1n) is 5.65. The fraction of sp³-hybridized carbons (Fsp3) is 0.231. The summed E-state index contributed by atoms with van der Waals surface area (Å²) in [5.41, 5.74) is 1.12. The summed E-state index contributed by atoms with van der Waals surface area (Å²) in [4.78, 5) is 16.2. The predicted octanol–water partition coefficient (Wildman–Crippen LogP) is 3.03. The molecule has 1 amide bonds. The molecule has 1 aromatic carbocycles. The lowest BCUT2D eigenvalue weighted by Crippen LogP contribution is -2.27. The first-order chi connectivity index (χ1) is 9.11. The highest BCUT2D eigenvalue weighted by Crippen LogP contribution is 2.23. The van der Waals surface area contributed by atoms with Crippen LogP contribution in [0.5, 0.6) is 0 Å². The minimum atomic E-state index is -0.253. The maximum absolute atomic E-state index is 12.0. The number of rotatable bonds is 4. The SMILES string of the molecule is COCCNC(=O)c1cc2cc(Br)ccc2nc1Cl. The Morgan fingerprint density at radius 1 is 1.47 bits per heavy atom. The third kappa shape index (κ3) is 3.43. The van der Waals surface area contributed by atoms with Gasteiger partial charge in [0.2, 0.25) is 0 Å². The number of methoxy groups -OCH3 is 1. The Hall–Kier alpha value is -1.17. The second kappa shape index (κ2) is 6.32. The van der Waals surface area contributed by atoms with Gasteiger partial charge in [-0.05, 0) is 24.3 Å². The van der Waals surface area contributed by atoms with Gasteiger partial charge in [-0.1, -0.05) is 27.5 Å². The van der Waals surface area contributed by atoms with Gasteiger partial charge in [-0.3, -0.25) is 4.79 Å². The average molecular weight is 344 g/mol. The summed E-state index contributed by atoms with van der Waals surface area (Å²) in [5, 5.41) is 3.78. The fourth-order valence-electron chi connectivity index (χ4n) is 1.64. The third-order valence-corrected chi connectivity index (χ3v) is 3.35. The normalized spacial score (nSPS) is 10.7. The maximum atomic E-state index is 12.0. The van der Waals surface area contributed by atoms with Gasteiger partial charge >= 0.3 is 0 Å². The van der Waals surface area contributed by atoms with Crippen molar-refractivity contribution in [2.45, 2.75) is 0 Å². The van der Waals surface area contributed by atoms with Crippen LogP contribution in [-0.4, -0.2) is 31.2 Å². The van der Waals surface area contributed by atoms with Gasteiger partial charge in [-0.2, -0.15) is 0 Å². The van der Waals surface area contributed by atoms with Gasteiger partial charge in [-0.15, -0.1) is 0 Å². The zero-order valence-electron chi connectivity index (χ0n) is 10.2. The summed E-state index contributed by atoms with van der Waals surface area (Å²) in [6.07, 6.45) is 0. The number of aromatic nitrogens is 1. The van der Waals surface area contributed by atoms with Gasteiger partial charge in [0.1, 0.15) is 5.15 Å². The molecule has 0 saturated heterocycles. The molecule has 2 aromatic rings. The zero-order chi connectivity index (χ0) is 13.8. The Labute approximate surface area is 124 Å². The number of benzene rings is 1. The van der Waals surface area contributed by atoms with Crippen molar-refractivity contribution in [3.8, 4) is 0 Å². The number of nitrogens with one attached hydrogen (secondary N) is 1. The van der Waals surface area contributed by atoms with Crippen LogP contribution < -0.4 is 5.32 Å². The van der Waals surface area contributed by atoms with Crippen molar-refractivity contribution >= 4 is 44.3 Å². The standard InChI is InChI=1S/C13H12BrClN2O2/c1-19-5-4-16-13(18)10-7-8-6-9(14)2-3-11(8)17-12(10)15/h2-3,6-7H,4-5H2,1H3,(H,16,18). The van der Waals surface area contributed by atoms with Crippen LogP contribution in [0.2, 0.25) is 5.15 Å². The van der Waals surface area contributed by atoms with Gasteiger partial charge in [0.05, 0.1) is 17.7 Å². The molecule has 100 valence electrons. The highest BCUT2D eigenvalue weighted by atomic mass is 79.9. The average Bonchev–Trinajstić information content (AvgIpc) is 2.38. The quantitative estimate of drug-likeness (QED) is 0.686. The van der Waals surface area contributed by atoms with Crippen molar-refractivity contribution in [3.05, 3.63) is 39.5 Å². The highest BCUT2D eigenvalue weighted by Gasteiger charge is 2.12. The number of carbonyl (C=O) groups excluding carboxylic acids is 1. The van der Waals surface area contributed by atoms with Gasteiger partial charge in [0, 0.05) is 23.5 Å². The molecule has 0 fully saturated rings. The number of halogens is 2. The second-order valence-electron chi connectivity index (χ2n) is 3.91. The van der Waals surface area contributed by atoms with E-state index in [0.29, 0.717) is 18.7 Å². The summed E-state index contributed by atoms with van der Waals surface area (Å²) in [6, 6.07) is 7.35. The molecule has 0 saturated carbocycles. The summed E-state index contributed by atoms with van der Waals surface area (Å²) in [5.74, 6) is -0.253. The molecule has 0 aliphatic rings. The lowest BCUT2D eigenvalue weighted by atomic mass is 10.1. The summed E-state index contributed by atoms with van der Waals surface area (Å²) in [6.45, 7) is 0.887. The molecule has 1 aromatic heterocycles. The summed E-state index contributed by atoms with van der Waals surface area (Å²) < 4.78 is 5.80.